The van der Waals surface area contributed by atoms with Crippen molar-refractivity contribution >= 4 is 11.3 Å². The zero-order chi connectivity index (χ0) is 13.2. The Morgan fingerprint density at radius 3 is 2.39 bits per heavy atom. The zero-order valence-electron chi connectivity index (χ0n) is 9.49. The summed E-state index contributed by atoms with van der Waals surface area (Å²) >= 11 is 1.50. The van der Waals surface area contributed by atoms with Gasteiger partial charge in [-0.2, -0.15) is 13.2 Å². The highest BCUT2D eigenvalue weighted by Crippen LogP contribution is 2.30. The van der Waals surface area contributed by atoms with Crippen LogP contribution in [-0.2, 0) is 12.8 Å². The van der Waals surface area contributed by atoms with E-state index < -0.39 is 11.7 Å². The first-order valence-corrected chi connectivity index (χ1v) is 5.98. The van der Waals surface area contributed by atoms with Crippen molar-refractivity contribution in [3.63, 3.8) is 0 Å². The van der Waals surface area contributed by atoms with Crippen molar-refractivity contribution < 1.29 is 17.9 Å². The molecule has 1 aromatic heterocycles. The Morgan fingerprint density at radius 2 is 1.89 bits per heavy atom. The minimum Gasteiger partial charge on any atom is -0.488 e. The molecule has 0 aliphatic carbocycles. The molecular formula is C12H10F3NOS. The molecule has 1 aromatic carbocycles. The maximum Gasteiger partial charge on any atom is 0.416 e. The van der Waals surface area contributed by atoms with Crippen molar-refractivity contribution in [1.29, 1.82) is 0 Å². The maximum absolute atomic E-state index is 12.3. The predicted molar refractivity (Wildman–Crippen MR) is 62.6 cm³/mol. The summed E-state index contributed by atoms with van der Waals surface area (Å²) in [6.45, 7) is 2.20. The SMILES string of the molecule is Cc1ncc(COc2ccc(C(F)(F)F)cc2)s1. The van der Waals surface area contributed by atoms with Crippen LogP contribution in [0, 0.1) is 6.92 Å². The number of alkyl halides is 3. The third-order valence-corrected chi connectivity index (χ3v) is 3.12. The third kappa shape index (κ3) is 3.22. The van der Waals surface area contributed by atoms with Gasteiger partial charge in [0.1, 0.15) is 12.4 Å². The van der Waals surface area contributed by atoms with E-state index in [2.05, 4.69) is 4.98 Å². The minimum absolute atomic E-state index is 0.316. The number of aryl methyl sites for hydroxylation is 1. The number of benzene rings is 1. The maximum atomic E-state index is 12.3. The van der Waals surface area contributed by atoms with Gasteiger partial charge in [-0.15, -0.1) is 11.3 Å². The molecule has 2 aromatic rings. The monoisotopic (exact) mass is 273 g/mol. The molecule has 0 saturated heterocycles. The number of hydrogen-bond acceptors (Lipinski definition) is 3. The fourth-order valence-electron chi connectivity index (χ4n) is 1.37. The summed E-state index contributed by atoms with van der Waals surface area (Å²) < 4.78 is 42.4. The summed E-state index contributed by atoms with van der Waals surface area (Å²) in [7, 11) is 0. The molecule has 0 atom stereocenters. The molecule has 96 valence electrons. The van der Waals surface area contributed by atoms with Gasteiger partial charge in [-0.25, -0.2) is 4.98 Å². The number of thiazole rings is 1. The summed E-state index contributed by atoms with van der Waals surface area (Å²) in [6, 6.07) is 4.65. The molecule has 2 nitrogen and oxygen atoms in total. The van der Waals surface area contributed by atoms with E-state index >= 15 is 0 Å². The largest absolute Gasteiger partial charge is 0.488 e. The number of nitrogens with zero attached hydrogens (tertiary/aromatic N) is 1. The molecule has 1 heterocycles. The van der Waals surface area contributed by atoms with Gasteiger partial charge in [0.25, 0.3) is 0 Å². The Hall–Kier alpha value is -1.56. The van der Waals surface area contributed by atoms with Crippen LogP contribution in [0.5, 0.6) is 5.75 Å². The van der Waals surface area contributed by atoms with Crippen molar-refractivity contribution in [3.05, 3.63) is 45.9 Å². The lowest BCUT2D eigenvalue weighted by Gasteiger charge is -2.08. The van der Waals surface area contributed by atoms with Crippen molar-refractivity contribution in [2.24, 2.45) is 0 Å². The second kappa shape index (κ2) is 4.97. The van der Waals surface area contributed by atoms with Crippen LogP contribution in [0.2, 0.25) is 0 Å². The third-order valence-electron chi connectivity index (χ3n) is 2.23. The average Bonchev–Trinajstić information content (AvgIpc) is 2.72. The number of aromatic nitrogens is 1. The number of hydrogen-bond donors (Lipinski definition) is 0. The van der Waals surface area contributed by atoms with Gasteiger partial charge in [-0.05, 0) is 31.2 Å². The van der Waals surface area contributed by atoms with Gasteiger partial charge < -0.3 is 4.74 Å². The van der Waals surface area contributed by atoms with Crippen LogP contribution >= 0.6 is 11.3 Å². The summed E-state index contributed by atoms with van der Waals surface area (Å²) in [6.07, 6.45) is -2.61. The number of ether oxygens (including phenoxy) is 1. The molecule has 0 unspecified atom stereocenters. The van der Waals surface area contributed by atoms with Crippen LogP contribution in [-0.4, -0.2) is 4.98 Å². The molecular weight excluding hydrogens is 263 g/mol. The van der Waals surface area contributed by atoms with Crippen molar-refractivity contribution in [1.82, 2.24) is 4.98 Å². The molecule has 0 radical (unpaired) electrons. The van der Waals surface area contributed by atoms with E-state index in [1.54, 1.807) is 6.20 Å². The van der Waals surface area contributed by atoms with Gasteiger partial charge in [0.2, 0.25) is 0 Å². The van der Waals surface area contributed by atoms with Crippen molar-refractivity contribution in [2.45, 2.75) is 19.7 Å². The van der Waals surface area contributed by atoms with Crippen LogP contribution in [0.1, 0.15) is 15.4 Å². The molecule has 18 heavy (non-hydrogen) atoms. The van der Waals surface area contributed by atoms with Crippen molar-refractivity contribution in [3.8, 4) is 5.75 Å². The van der Waals surface area contributed by atoms with Crippen LogP contribution < -0.4 is 4.74 Å². The molecule has 0 bridgehead atoms. The second-order valence-corrected chi connectivity index (χ2v) is 4.98. The number of rotatable bonds is 3. The lowest BCUT2D eigenvalue weighted by molar-refractivity contribution is -0.137. The zero-order valence-corrected chi connectivity index (χ0v) is 10.3. The first-order valence-electron chi connectivity index (χ1n) is 5.16. The molecule has 0 fully saturated rings. The Balaban J connectivity index is 1.98. The average molecular weight is 273 g/mol. The van der Waals surface area contributed by atoms with Gasteiger partial charge in [0.05, 0.1) is 15.4 Å². The molecule has 0 saturated carbocycles. The summed E-state index contributed by atoms with van der Waals surface area (Å²) in [5.41, 5.74) is -0.677. The van der Waals surface area contributed by atoms with E-state index in [4.69, 9.17) is 4.74 Å². The van der Waals surface area contributed by atoms with Crippen LogP contribution in [0.4, 0.5) is 13.2 Å². The fourth-order valence-corrected chi connectivity index (χ4v) is 2.07. The fraction of sp³-hybridized carbons (Fsp3) is 0.250. The molecule has 6 heteroatoms. The first-order chi connectivity index (χ1) is 8.45. The molecule has 0 spiro atoms. The quantitative estimate of drug-likeness (QED) is 0.841. The Labute approximate surface area is 106 Å². The van der Waals surface area contributed by atoms with E-state index in [-0.39, 0.29) is 0 Å². The van der Waals surface area contributed by atoms with E-state index in [0.717, 1.165) is 22.0 Å². The Bertz CT molecular complexity index is 519. The normalized spacial score (nSPS) is 11.6. The lowest BCUT2D eigenvalue weighted by Crippen LogP contribution is -2.04. The number of halogens is 3. The molecule has 0 N–H and O–H groups in total. The van der Waals surface area contributed by atoms with E-state index in [1.807, 2.05) is 6.92 Å². The lowest BCUT2D eigenvalue weighted by atomic mass is 10.2. The molecule has 0 aliphatic heterocycles. The summed E-state index contributed by atoms with van der Waals surface area (Å²) in [4.78, 5) is 5.00. The van der Waals surface area contributed by atoms with Gasteiger partial charge >= 0.3 is 6.18 Å². The van der Waals surface area contributed by atoms with Crippen LogP contribution in [0.15, 0.2) is 30.5 Å². The van der Waals surface area contributed by atoms with E-state index in [9.17, 15) is 13.2 Å². The van der Waals surface area contributed by atoms with E-state index in [0.29, 0.717) is 12.4 Å². The highest BCUT2D eigenvalue weighted by atomic mass is 32.1. The predicted octanol–water partition coefficient (Wildman–Crippen LogP) is 4.05. The highest BCUT2D eigenvalue weighted by Gasteiger charge is 2.29. The summed E-state index contributed by atoms with van der Waals surface area (Å²) in [5, 5.41) is 0.931. The van der Waals surface area contributed by atoms with Gasteiger partial charge in [0, 0.05) is 6.20 Å². The Morgan fingerprint density at radius 1 is 1.22 bits per heavy atom. The highest BCUT2D eigenvalue weighted by molar-refractivity contribution is 7.11. The Kier molecular flexibility index (Phi) is 3.56. The standard InChI is InChI=1S/C12H10F3NOS/c1-8-16-6-11(18-8)7-17-10-4-2-9(3-5-10)12(13,14)15/h2-6H,7H2,1H3. The minimum atomic E-state index is -4.31. The second-order valence-electron chi connectivity index (χ2n) is 3.66. The molecule has 2 rings (SSSR count). The van der Waals surface area contributed by atoms with Crippen LogP contribution in [0.25, 0.3) is 0 Å². The van der Waals surface area contributed by atoms with Crippen LogP contribution in [0.3, 0.4) is 0 Å². The first kappa shape index (κ1) is 12.9. The van der Waals surface area contributed by atoms with Gasteiger partial charge in [-0.1, -0.05) is 0 Å². The summed E-state index contributed by atoms with van der Waals surface area (Å²) in [5.74, 6) is 0.411. The van der Waals surface area contributed by atoms with Gasteiger partial charge in [0.15, 0.2) is 0 Å². The van der Waals surface area contributed by atoms with Gasteiger partial charge in [-0.3, -0.25) is 0 Å². The topological polar surface area (TPSA) is 22.1 Å². The van der Waals surface area contributed by atoms with E-state index in [1.165, 1.54) is 23.5 Å². The van der Waals surface area contributed by atoms with Crippen molar-refractivity contribution in [2.75, 3.05) is 0 Å². The molecule has 0 amide bonds. The molecule has 0 aliphatic rings. The smallest absolute Gasteiger partial charge is 0.416 e.